The van der Waals surface area contributed by atoms with Gasteiger partial charge in [-0.05, 0) is 45.0 Å². The number of para-hydroxylation sites is 2. The van der Waals surface area contributed by atoms with Crippen molar-refractivity contribution in [2.45, 2.75) is 67.9 Å². The zero-order valence-corrected chi connectivity index (χ0v) is 21.1. The first-order valence-electron chi connectivity index (χ1n) is 11.6. The minimum atomic E-state index is 0.133. The molecule has 2 aliphatic rings. The van der Waals surface area contributed by atoms with Crippen molar-refractivity contribution < 1.29 is 0 Å². The Morgan fingerprint density at radius 2 is 1.19 bits per heavy atom. The first-order chi connectivity index (χ1) is 14.5. The van der Waals surface area contributed by atoms with Crippen molar-refractivity contribution in [2.75, 3.05) is 16.3 Å². The zero-order valence-electron chi connectivity index (χ0n) is 21.1. The van der Waals surface area contributed by atoms with E-state index in [2.05, 4.69) is 137 Å². The van der Waals surface area contributed by atoms with E-state index in [1.165, 1.54) is 17.1 Å². The highest BCUT2D eigenvalue weighted by atomic mass is 15.2. The normalized spacial score (nSPS) is 19.7. The van der Waals surface area contributed by atoms with Gasteiger partial charge in [0.25, 0.3) is 0 Å². The smallest absolute Gasteiger partial charge is 0.0475 e. The maximum Gasteiger partial charge on any atom is 0.0475 e. The quantitative estimate of drug-likeness (QED) is 0.484. The maximum absolute atomic E-state index is 2.38. The monoisotopic (exact) mass is 418 g/mol. The minimum Gasteiger partial charge on any atom is -0.345 e. The van der Waals surface area contributed by atoms with E-state index < -0.39 is 0 Å². The summed E-state index contributed by atoms with van der Waals surface area (Å²) < 4.78 is 0. The van der Waals surface area contributed by atoms with Crippen LogP contribution in [0.1, 0.15) is 62.3 Å². The molecule has 0 N–H and O–H groups in total. The average Bonchev–Trinajstić information content (AvgIpc) is 3.15. The van der Waals surface area contributed by atoms with E-state index >= 15 is 0 Å². The number of benzene rings is 2. The van der Waals surface area contributed by atoms with Gasteiger partial charge < -0.3 is 9.80 Å². The molecule has 0 bridgehead atoms. The molecule has 0 amide bonds. The standard InChI is InChI=1S/C14H19N.C13H17N.C2H6/c1-13(2)10-11-15(14(13,3)4)12-8-6-5-7-9-12;1-11-9-13(2,3)10-14(11)12-7-5-4-6-8-12;1-2/h5-11H,1-4H3;4-9H,10H2,1-3H3;1-2H3. The van der Waals surface area contributed by atoms with Crippen LogP contribution in [0.3, 0.4) is 0 Å². The van der Waals surface area contributed by atoms with Crippen LogP contribution in [-0.2, 0) is 0 Å². The molecule has 0 fully saturated rings. The molecule has 2 aromatic carbocycles. The second-order valence-electron chi connectivity index (χ2n) is 10.00. The lowest BCUT2D eigenvalue weighted by Crippen LogP contribution is -2.46. The lowest BCUT2D eigenvalue weighted by atomic mass is 9.76. The van der Waals surface area contributed by atoms with Crippen molar-refractivity contribution >= 4 is 11.4 Å². The molecule has 0 unspecified atom stereocenters. The summed E-state index contributed by atoms with van der Waals surface area (Å²) in [7, 11) is 0. The van der Waals surface area contributed by atoms with Crippen molar-refractivity contribution in [1.29, 1.82) is 0 Å². The molecule has 0 radical (unpaired) electrons. The van der Waals surface area contributed by atoms with Gasteiger partial charge in [-0.25, -0.2) is 0 Å². The van der Waals surface area contributed by atoms with Crippen LogP contribution in [-0.4, -0.2) is 12.1 Å². The number of nitrogens with zero attached hydrogens (tertiary/aromatic N) is 2. The van der Waals surface area contributed by atoms with E-state index in [-0.39, 0.29) is 11.0 Å². The van der Waals surface area contributed by atoms with Gasteiger partial charge >= 0.3 is 0 Å². The topological polar surface area (TPSA) is 6.48 Å². The molecule has 2 nitrogen and oxygen atoms in total. The summed E-state index contributed by atoms with van der Waals surface area (Å²) in [6, 6.07) is 21.1. The largest absolute Gasteiger partial charge is 0.345 e. The molecule has 0 aliphatic carbocycles. The van der Waals surface area contributed by atoms with E-state index in [4.69, 9.17) is 0 Å². The number of hydrogen-bond donors (Lipinski definition) is 0. The van der Waals surface area contributed by atoms with Crippen LogP contribution >= 0.6 is 0 Å². The molecule has 0 saturated heterocycles. The van der Waals surface area contributed by atoms with Gasteiger partial charge in [0, 0.05) is 46.2 Å². The molecule has 2 aliphatic heterocycles. The van der Waals surface area contributed by atoms with E-state index in [9.17, 15) is 0 Å². The summed E-state index contributed by atoms with van der Waals surface area (Å²) in [4.78, 5) is 4.73. The van der Waals surface area contributed by atoms with Gasteiger partial charge in [0.05, 0.1) is 0 Å². The second-order valence-corrected chi connectivity index (χ2v) is 10.00. The van der Waals surface area contributed by atoms with Crippen LogP contribution in [0.15, 0.2) is 84.7 Å². The molecule has 2 heteroatoms. The first kappa shape index (κ1) is 24.8. The van der Waals surface area contributed by atoms with Crippen molar-refractivity contribution in [3.8, 4) is 0 Å². The predicted octanol–water partition coefficient (Wildman–Crippen LogP) is 8.29. The Labute approximate surface area is 191 Å². The van der Waals surface area contributed by atoms with Gasteiger partial charge in [-0.15, -0.1) is 0 Å². The van der Waals surface area contributed by atoms with Gasteiger partial charge in [-0.3, -0.25) is 0 Å². The molecule has 0 spiro atoms. The third kappa shape index (κ3) is 5.61. The fourth-order valence-electron chi connectivity index (χ4n) is 4.08. The van der Waals surface area contributed by atoms with E-state index in [1.807, 2.05) is 13.8 Å². The molecule has 0 aromatic heterocycles. The van der Waals surface area contributed by atoms with E-state index in [1.54, 1.807) is 0 Å². The number of allylic oxidation sites excluding steroid dienone is 1. The van der Waals surface area contributed by atoms with Crippen molar-refractivity contribution in [1.82, 2.24) is 0 Å². The maximum atomic E-state index is 2.38. The fraction of sp³-hybridized carbons (Fsp3) is 0.448. The van der Waals surface area contributed by atoms with Crippen molar-refractivity contribution in [3.63, 3.8) is 0 Å². The molecule has 31 heavy (non-hydrogen) atoms. The van der Waals surface area contributed by atoms with Crippen LogP contribution in [0.25, 0.3) is 0 Å². The van der Waals surface area contributed by atoms with E-state index in [0.29, 0.717) is 5.41 Å². The highest BCUT2D eigenvalue weighted by Gasteiger charge is 2.43. The van der Waals surface area contributed by atoms with Crippen LogP contribution in [0.2, 0.25) is 0 Å². The number of anilines is 2. The van der Waals surface area contributed by atoms with Gasteiger partial charge in [0.15, 0.2) is 0 Å². The van der Waals surface area contributed by atoms with Gasteiger partial charge in [-0.2, -0.15) is 0 Å². The summed E-state index contributed by atoms with van der Waals surface area (Å²) in [5.41, 5.74) is 4.58. The average molecular weight is 419 g/mol. The Balaban J connectivity index is 0.000000204. The SMILES string of the molecule is CC.CC1(C)C=CN(c2ccccc2)C1(C)C.CC1=CC(C)(C)CN1c1ccccc1. The van der Waals surface area contributed by atoms with Crippen molar-refractivity contribution in [3.05, 3.63) is 84.7 Å². The molecule has 2 aromatic rings. The Hall–Kier alpha value is -2.48. The molecule has 4 rings (SSSR count). The Kier molecular flexibility index (Phi) is 7.81. The summed E-state index contributed by atoms with van der Waals surface area (Å²) in [5.74, 6) is 0. The summed E-state index contributed by atoms with van der Waals surface area (Å²) in [5, 5.41) is 0. The number of rotatable bonds is 2. The lowest BCUT2D eigenvalue weighted by Gasteiger charge is -2.42. The second kappa shape index (κ2) is 9.77. The minimum absolute atomic E-state index is 0.133. The summed E-state index contributed by atoms with van der Waals surface area (Å²) in [6.07, 6.45) is 6.84. The first-order valence-corrected chi connectivity index (χ1v) is 11.6. The van der Waals surface area contributed by atoms with E-state index in [0.717, 1.165) is 6.54 Å². The lowest BCUT2D eigenvalue weighted by molar-refractivity contribution is 0.289. The van der Waals surface area contributed by atoms with Crippen LogP contribution < -0.4 is 9.80 Å². The Morgan fingerprint density at radius 1 is 0.710 bits per heavy atom. The predicted molar refractivity (Wildman–Crippen MR) is 139 cm³/mol. The zero-order chi connectivity index (χ0) is 23.3. The summed E-state index contributed by atoms with van der Waals surface area (Å²) in [6.45, 7) is 21.0. The van der Waals surface area contributed by atoms with Crippen LogP contribution in [0, 0.1) is 10.8 Å². The van der Waals surface area contributed by atoms with Gasteiger partial charge in [-0.1, -0.05) is 90.1 Å². The highest BCUT2D eigenvalue weighted by Crippen LogP contribution is 2.44. The Bertz CT molecular complexity index is 873. The fourth-order valence-corrected chi connectivity index (χ4v) is 4.08. The van der Waals surface area contributed by atoms with Crippen molar-refractivity contribution in [2.24, 2.45) is 10.8 Å². The molecular formula is C29H42N2. The van der Waals surface area contributed by atoms with Gasteiger partial charge in [0.1, 0.15) is 0 Å². The number of hydrogen-bond acceptors (Lipinski definition) is 2. The molecular weight excluding hydrogens is 376 g/mol. The third-order valence-corrected chi connectivity index (χ3v) is 6.51. The summed E-state index contributed by atoms with van der Waals surface area (Å²) >= 11 is 0. The molecule has 0 atom stereocenters. The molecule has 0 saturated carbocycles. The Morgan fingerprint density at radius 3 is 1.58 bits per heavy atom. The third-order valence-electron chi connectivity index (χ3n) is 6.51. The van der Waals surface area contributed by atoms with Gasteiger partial charge in [0.2, 0.25) is 0 Å². The molecule has 2 heterocycles. The highest BCUT2D eigenvalue weighted by molar-refractivity contribution is 5.55. The molecule has 168 valence electrons. The van der Waals surface area contributed by atoms with Crippen LogP contribution in [0.4, 0.5) is 11.4 Å². The van der Waals surface area contributed by atoms with Crippen LogP contribution in [0.5, 0.6) is 0 Å².